The number of carbonyl (C=O) groups is 2. The van der Waals surface area contributed by atoms with Gasteiger partial charge in [0.1, 0.15) is 6.10 Å². The van der Waals surface area contributed by atoms with E-state index in [4.69, 9.17) is 10.5 Å². The average molecular weight is 400 g/mol. The SMILES string of the molecule is CCCN(C(=O)OC1C2CCC3(C(N)=O)CC(C2)CC1C3)C(C)c1ccccn1. The number of nitrogens with two attached hydrogens (primary N) is 1. The van der Waals surface area contributed by atoms with Crippen molar-refractivity contribution in [2.45, 2.75) is 70.9 Å². The van der Waals surface area contributed by atoms with E-state index in [2.05, 4.69) is 11.9 Å². The predicted octanol–water partition coefficient (Wildman–Crippen LogP) is 4.06. The smallest absolute Gasteiger partial charge is 0.410 e. The lowest BCUT2D eigenvalue weighted by Gasteiger charge is -2.47. The fourth-order valence-electron chi connectivity index (χ4n) is 6.23. The molecule has 4 aliphatic rings. The zero-order valence-corrected chi connectivity index (χ0v) is 17.5. The minimum Gasteiger partial charge on any atom is -0.445 e. The first-order chi connectivity index (χ1) is 13.9. The first-order valence-corrected chi connectivity index (χ1v) is 11.1. The molecule has 6 nitrogen and oxygen atoms in total. The zero-order valence-electron chi connectivity index (χ0n) is 17.5. The highest BCUT2D eigenvalue weighted by atomic mass is 16.6. The molecule has 6 unspecified atom stereocenters. The minimum absolute atomic E-state index is 0.101. The monoisotopic (exact) mass is 399 g/mol. The fraction of sp³-hybridized carbons (Fsp3) is 0.696. The summed E-state index contributed by atoms with van der Waals surface area (Å²) in [6, 6.07) is 5.63. The van der Waals surface area contributed by atoms with Gasteiger partial charge < -0.3 is 10.5 Å². The van der Waals surface area contributed by atoms with Gasteiger partial charge in [0.05, 0.1) is 11.7 Å². The van der Waals surface area contributed by atoms with Gasteiger partial charge >= 0.3 is 6.09 Å². The van der Waals surface area contributed by atoms with Gasteiger partial charge in [0.25, 0.3) is 0 Å². The predicted molar refractivity (Wildman–Crippen MR) is 110 cm³/mol. The normalized spacial score (nSPS) is 33.7. The van der Waals surface area contributed by atoms with Crippen LogP contribution < -0.4 is 5.73 Å². The van der Waals surface area contributed by atoms with Crippen LogP contribution in [0.3, 0.4) is 0 Å². The molecule has 5 rings (SSSR count). The molecule has 4 aliphatic carbocycles. The number of nitrogens with zero attached hydrogens (tertiary/aromatic N) is 2. The highest BCUT2D eigenvalue weighted by molar-refractivity contribution is 5.81. The summed E-state index contributed by atoms with van der Waals surface area (Å²) in [5, 5.41) is 0. The molecule has 0 aromatic carbocycles. The summed E-state index contributed by atoms with van der Waals surface area (Å²) in [5.41, 5.74) is 6.32. The van der Waals surface area contributed by atoms with Crippen molar-refractivity contribution in [2.24, 2.45) is 28.9 Å². The summed E-state index contributed by atoms with van der Waals surface area (Å²) in [6.45, 7) is 4.70. The molecule has 0 saturated heterocycles. The zero-order chi connectivity index (χ0) is 20.6. The van der Waals surface area contributed by atoms with E-state index in [1.165, 1.54) is 0 Å². The molecule has 2 amide bonds. The summed E-state index contributed by atoms with van der Waals surface area (Å²) in [5.74, 6) is 0.985. The second-order valence-corrected chi connectivity index (χ2v) is 9.42. The number of rotatable bonds is 6. The number of carbonyl (C=O) groups excluding carboxylic acids is 2. The van der Waals surface area contributed by atoms with Crippen LogP contribution in [0.5, 0.6) is 0 Å². The number of fused-ring (bicyclic) bond motifs is 1. The molecule has 1 aromatic heterocycles. The van der Waals surface area contributed by atoms with Crippen molar-refractivity contribution in [3.8, 4) is 0 Å². The lowest BCUT2D eigenvalue weighted by atomic mass is 9.60. The number of primary amides is 1. The molecule has 1 heterocycles. The standard InChI is InChI=1S/C23H33N3O3/c1-3-10-26(15(2)19-6-4-5-9-25-19)22(28)29-20-17-7-8-23(21(24)27)13-16(11-17)12-18(20)14-23/h4-6,9,15-18,20H,3,7-8,10-14H2,1-2H3,(H2,24,27). The highest BCUT2D eigenvalue weighted by Gasteiger charge is 2.55. The van der Waals surface area contributed by atoms with Crippen molar-refractivity contribution >= 4 is 12.0 Å². The summed E-state index contributed by atoms with van der Waals surface area (Å²) < 4.78 is 6.20. The quantitative estimate of drug-likeness (QED) is 0.781. The van der Waals surface area contributed by atoms with Crippen LogP contribution >= 0.6 is 0 Å². The lowest BCUT2D eigenvalue weighted by molar-refractivity contribution is -0.134. The molecule has 158 valence electrons. The number of hydrogen-bond donors (Lipinski definition) is 1. The molecule has 0 aliphatic heterocycles. The van der Waals surface area contributed by atoms with Gasteiger partial charge in [-0.05, 0) is 81.8 Å². The van der Waals surface area contributed by atoms with E-state index in [-0.39, 0.29) is 35.5 Å². The van der Waals surface area contributed by atoms with Crippen LogP contribution in [0.1, 0.15) is 70.5 Å². The maximum absolute atomic E-state index is 13.3. The molecule has 2 N–H and O–H groups in total. The Labute approximate surface area is 173 Å². The van der Waals surface area contributed by atoms with Gasteiger partial charge in [-0.3, -0.25) is 14.7 Å². The first kappa shape index (κ1) is 20.2. The maximum Gasteiger partial charge on any atom is 0.410 e. The molecular formula is C23H33N3O3. The minimum atomic E-state index is -0.381. The number of ether oxygens (including phenoxy) is 1. The lowest BCUT2D eigenvalue weighted by Crippen LogP contribution is -2.49. The van der Waals surface area contributed by atoms with Crippen molar-refractivity contribution in [1.82, 2.24) is 9.88 Å². The molecule has 6 heteroatoms. The van der Waals surface area contributed by atoms with E-state index in [9.17, 15) is 9.59 Å². The Morgan fingerprint density at radius 3 is 2.79 bits per heavy atom. The summed E-state index contributed by atoms with van der Waals surface area (Å²) in [6.07, 6.45) is 7.83. The van der Waals surface area contributed by atoms with Gasteiger partial charge in [-0.15, -0.1) is 0 Å². The van der Waals surface area contributed by atoms with E-state index in [1.54, 1.807) is 11.1 Å². The molecule has 0 spiro atoms. The van der Waals surface area contributed by atoms with Crippen LogP contribution in [-0.4, -0.2) is 34.5 Å². The number of hydrogen-bond acceptors (Lipinski definition) is 4. The van der Waals surface area contributed by atoms with E-state index in [0.717, 1.165) is 50.6 Å². The maximum atomic E-state index is 13.3. The van der Waals surface area contributed by atoms with Crippen molar-refractivity contribution < 1.29 is 14.3 Å². The van der Waals surface area contributed by atoms with E-state index in [0.29, 0.717) is 18.4 Å². The van der Waals surface area contributed by atoms with Crippen LogP contribution in [0.15, 0.2) is 24.4 Å². The van der Waals surface area contributed by atoms with Gasteiger partial charge in [0.15, 0.2) is 0 Å². The molecule has 0 radical (unpaired) electrons. The second-order valence-electron chi connectivity index (χ2n) is 9.42. The van der Waals surface area contributed by atoms with Crippen LogP contribution in [0.4, 0.5) is 4.79 Å². The molecule has 4 bridgehead atoms. The topological polar surface area (TPSA) is 85.5 Å². The Morgan fingerprint density at radius 2 is 2.10 bits per heavy atom. The van der Waals surface area contributed by atoms with Crippen LogP contribution in [0, 0.1) is 23.2 Å². The van der Waals surface area contributed by atoms with Gasteiger partial charge in [-0.2, -0.15) is 0 Å². The van der Waals surface area contributed by atoms with Gasteiger partial charge in [0, 0.05) is 18.2 Å². The Morgan fingerprint density at radius 1 is 1.31 bits per heavy atom. The second kappa shape index (κ2) is 7.96. The summed E-state index contributed by atoms with van der Waals surface area (Å²) in [4.78, 5) is 31.7. The number of amides is 2. The molecule has 4 fully saturated rings. The molecular weight excluding hydrogens is 366 g/mol. The van der Waals surface area contributed by atoms with Gasteiger partial charge in [-0.1, -0.05) is 13.0 Å². The summed E-state index contributed by atoms with van der Waals surface area (Å²) >= 11 is 0. The fourth-order valence-corrected chi connectivity index (χ4v) is 6.23. The van der Waals surface area contributed by atoms with Crippen LogP contribution in [-0.2, 0) is 9.53 Å². The van der Waals surface area contributed by atoms with Crippen molar-refractivity contribution in [3.63, 3.8) is 0 Å². The highest BCUT2D eigenvalue weighted by Crippen LogP contribution is 2.57. The first-order valence-electron chi connectivity index (χ1n) is 11.1. The van der Waals surface area contributed by atoms with Crippen molar-refractivity contribution in [1.29, 1.82) is 0 Å². The van der Waals surface area contributed by atoms with Crippen molar-refractivity contribution in [3.05, 3.63) is 30.1 Å². The number of aromatic nitrogens is 1. The molecule has 4 saturated carbocycles. The van der Waals surface area contributed by atoms with Gasteiger partial charge in [0.2, 0.25) is 5.91 Å². The third-order valence-corrected chi connectivity index (χ3v) is 7.57. The van der Waals surface area contributed by atoms with E-state index in [1.807, 2.05) is 25.1 Å². The Hall–Kier alpha value is -2.11. The van der Waals surface area contributed by atoms with Gasteiger partial charge in [-0.25, -0.2) is 4.79 Å². The number of pyridine rings is 1. The molecule has 29 heavy (non-hydrogen) atoms. The third-order valence-electron chi connectivity index (χ3n) is 7.57. The van der Waals surface area contributed by atoms with E-state index < -0.39 is 0 Å². The van der Waals surface area contributed by atoms with Crippen LogP contribution in [0.2, 0.25) is 0 Å². The third kappa shape index (κ3) is 3.74. The summed E-state index contributed by atoms with van der Waals surface area (Å²) in [7, 11) is 0. The Bertz CT molecular complexity index is 755. The largest absolute Gasteiger partial charge is 0.445 e. The Kier molecular flexibility index (Phi) is 5.54. The molecule has 1 aromatic rings. The van der Waals surface area contributed by atoms with E-state index >= 15 is 0 Å². The average Bonchev–Trinajstić information content (AvgIpc) is 2.91. The van der Waals surface area contributed by atoms with Crippen LogP contribution in [0.25, 0.3) is 0 Å². The Balaban J connectivity index is 1.52. The molecule has 6 atom stereocenters. The van der Waals surface area contributed by atoms with Crippen molar-refractivity contribution in [2.75, 3.05) is 6.54 Å².